The second kappa shape index (κ2) is 10.1. The minimum atomic E-state index is -4.57. The fourth-order valence-corrected chi connectivity index (χ4v) is 4.52. The van der Waals surface area contributed by atoms with Gasteiger partial charge in [0, 0.05) is 16.5 Å². The molecule has 0 bridgehead atoms. The molecule has 1 aliphatic rings. The lowest BCUT2D eigenvalue weighted by Crippen LogP contribution is -2.20. The molecule has 0 heterocycles. The molecule has 2 N–H and O–H groups in total. The van der Waals surface area contributed by atoms with Crippen molar-refractivity contribution in [3.63, 3.8) is 0 Å². The Morgan fingerprint density at radius 3 is 2.35 bits per heavy atom. The highest BCUT2D eigenvalue weighted by Crippen LogP contribution is 2.39. The van der Waals surface area contributed by atoms with Crippen LogP contribution in [0.15, 0.2) is 77.7 Å². The van der Waals surface area contributed by atoms with Crippen LogP contribution in [0.2, 0.25) is 5.02 Å². The zero-order valence-corrected chi connectivity index (χ0v) is 19.3. The number of rotatable bonds is 7. The first-order valence-electron chi connectivity index (χ1n) is 10.5. The van der Waals surface area contributed by atoms with Crippen LogP contribution in [0.3, 0.4) is 0 Å². The van der Waals surface area contributed by atoms with Gasteiger partial charge in [-0.15, -0.1) is 11.8 Å². The van der Waals surface area contributed by atoms with E-state index in [1.807, 2.05) is 0 Å². The first kappa shape index (κ1) is 24.2. The van der Waals surface area contributed by atoms with E-state index in [9.17, 15) is 22.8 Å². The largest absolute Gasteiger partial charge is 0.416 e. The molecule has 0 spiro atoms. The average Bonchev–Trinajstić information content (AvgIpc) is 3.65. The fraction of sp³-hybridized carbons (Fsp3) is 0.200. The maximum absolute atomic E-state index is 13.2. The summed E-state index contributed by atoms with van der Waals surface area (Å²) >= 11 is 7.29. The Kier molecular flexibility index (Phi) is 7.19. The summed E-state index contributed by atoms with van der Waals surface area (Å²) in [6, 6.07) is 18.8. The predicted octanol–water partition coefficient (Wildman–Crippen LogP) is 7.18. The Morgan fingerprint density at radius 2 is 1.68 bits per heavy atom. The van der Waals surface area contributed by atoms with Crippen molar-refractivity contribution in [3.05, 3.63) is 88.9 Å². The van der Waals surface area contributed by atoms with Crippen LogP contribution >= 0.6 is 23.4 Å². The zero-order valence-electron chi connectivity index (χ0n) is 17.7. The van der Waals surface area contributed by atoms with Crippen LogP contribution in [0.1, 0.15) is 29.2 Å². The van der Waals surface area contributed by atoms with Gasteiger partial charge in [-0.05, 0) is 54.8 Å². The van der Waals surface area contributed by atoms with E-state index < -0.39 is 22.9 Å². The third-order valence-corrected chi connectivity index (χ3v) is 6.77. The summed E-state index contributed by atoms with van der Waals surface area (Å²) in [7, 11) is 0. The average molecular weight is 505 g/mol. The van der Waals surface area contributed by atoms with Crippen LogP contribution < -0.4 is 10.6 Å². The van der Waals surface area contributed by atoms with E-state index in [4.69, 9.17) is 11.6 Å². The number of carbonyl (C=O) groups excluding carboxylic acids is 2. The second-order valence-corrected chi connectivity index (χ2v) is 9.47. The molecule has 1 saturated carbocycles. The molecule has 3 aromatic rings. The van der Waals surface area contributed by atoms with E-state index in [0.717, 1.165) is 31.0 Å². The van der Waals surface area contributed by atoms with Crippen LogP contribution in [0, 0.1) is 5.92 Å². The summed E-state index contributed by atoms with van der Waals surface area (Å²) in [5.74, 6) is -0.500. The minimum absolute atomic E-state index is 0.00273. The molecule has 9 heteroatoms. The van der Waals surface area contributed by atoms with Gasteiger partial charge in [-0.3, -0.25) is 9.59 Å². The van der Waals surface area contributed by atoms with Gasteiger partial charge >= 0.3 is 6.18 Å². The van der Waals surface area contributed by atoms with Crippen LogP contribution in [-0.2, 0) is 15.8 Å². The summed E-state index contributed by atoms with van der Waals surface area (Å²) in [4.78, 5) is 26.1. The highest BCUT2D eigenvalue weighted by Gasteiger charge is 2.32. The molecule has 0 aliphatic heterocycles. The van der Waals surface area contributed by atoms with Crippen LogP contribution in [0.25, 0.3) is 0 Å². The monoisotopic (exact) mass is 504 g/mol. The number of amides is 2. The molecule has 2 amide bonds. The number of hydrogen-bond donors (Lipinski definition) is 2. The summed E-state index contributed by atoms with van der Waals surface area (Å²) < 4.78 is 39.4. The maximum atomic E-state index is 13.2. The number of hydrogen-bond acceptors (Lipinski definition) is 3. The Hall–Kier alpha value is -2.97. The first-order valence-corrected chi connectivity index (χ1v) is 11.8. The van der Waals surface area contributed by atoms with E-state index in [-0.39, 0.29) is 22.5 Å². The molecule has 0 saturated heterocycles. The molecule has 176 valence electrons. The van der Waals surface area contributed by atoms with Crippen LogP contribution in [-0.4, -0.2) is 11.8 Å². The molecule has 1 fully saturated rings. The molecule has 4 nitrogen and oxygen atoms in total. The number of carbonyl (C=O) groups is 2. The molecule has 4 rings (SSSR count). The van der Waals surface area contributed by atoms with E-state index >= 15 is 0 Å². The van der Waals surface area contributed by atoms with E-state index in [2.05, 4.69) is 10.6 Å². The van der Waals surface area contributed by atoms with Crippen molar-refractivity contribution in [2.24, 2.45) is 5.92 Å². The van der Waals surface area contributed by atoms with Gasteiger partial charge in [0.1, 0.15) is 5.25 Å². The number of alkyl halides is 3. The Labute approximate surface area is 203 Å². The first-order chi connectivity index (χ1) is 16.2. The molecule has 3 aromatic carbocycles. The number of anilines is 2. The molecular formula is C25H20ClF3N2O2S. The zero-order chi connectivity index (χ0) is 24.3. The van der Waals surface area contributed by atoms with E-state index in [0.29, 0.717) is 16.1 Å². The summed E-state index contributed by atoms with van der Waals surface area (Å²) in [6.07, 6.45) is -2.80. The third-order valence-electron chi connectivity index (χ3n) is 5.20. The lowest BCUT2D eigenvalue weighted by molar-refractivity contribution is -0.137. The number of benzene rings is 3. The highest BCUT2D eigenvalue weighted by atomic mass is 35.5. The van der Waals surface area contributed by atoms with Crippen molar-refractivity contribution in [1.29, 1.82) is 0 Å². The van der Waals surface area contributed by atoms with Gasteiger partial charge in [0.2, 0.25) is 11.8 Å². The molecule has 1 aliphatic carbocycles. The Morgan fingerprint density at radius 1 is 0.941 bits per heavy atom. The molecule has 0 radical (unpaired) electrons. The summed E-state index contributed by atoms with van der Waals surface area (Å²) in [5.41, 5.74) is 0.263. The molecule has 1 atom stereocenters. The van der Waals surface area contributed by atoms with Crippen molar-refractivity contribution in [2.45, 2.75) is 29.2 Å². The van der Waals surface area contributed by atoms with E-state index in [1.165, 1.54) is 11.8 Å². The number of thioether (sulfide) groups is 1. The van der Waals surface area contributed by atoms with E-state index in [1.54, 1.807) is 54.6 Å². The molecule has 0 aromatic heterocycles. The standard InChI is InChI=1S/C25H20ClF3N2O2S/c26-20-12-11-17(25(27,28)29)13-21(20)31-24(33)22(15-5-2-1-3-6-15)34-19-8-4-7-18(14-19)30-23(32)16-9-10-16/h1-8,11-14,16,22H,9-10H2,(H,30,32)(H,31,33). The topological polar surface area (TPSA) is 58.2 Å². The number of nitrogens with one attached hydrogen (secondary N) is 2. The summed E-state index contributed by atoms with van der Waals surface area (Å²) in [6.45, 7) is 0. The van der Waals surface area contributed by atoms with Crippen molar-refractivity contribution in [2.75, 3.05) is 10.6 Å². The lowest BCUT2D eigenvalue weighted by atomic mass is 10.1. The normalized spacial score (nSPS) is 14.4. The van der Waals surface area contributed by atoms with Crippen LogP contribution in [0.5, 0.6) is 0 Å². The van der Waals surface area contributed by atoms with Crippen molar-refractivity contribution >= 4 is 46.6 Å². The predicted molar refractivity (Wildman–Crippen MR) is 128 cm³/mol. The lowest BCUT2D eigenvalue weighted by Gasteiger charge is -2.19. The van der Waals surface area contributed by atoms with Crippen LogP contribution in [0.4, 0.5) is 24.5 Å². The maximum Gasteiger partial charge on any atom is 0.416 e. The quantitative estimate of drug-likeness (QED) is 0.335. The highest BCUT2D eigenvalue weighted by molar-refractivity contribution is 8.00. The van der Waals surface area contributed by atoms with Gasteiger partial charge in [0.05, 0.1) is 16.3 Å². The van der Waals surface area contributed by atoms with Crippen molar-refractivity contribution in [3.8, 4) is 0 Å². The smallest absolute Gasteiger partial charge is 0.326 e. The minimum Gasteiger partial charge on any atom is -0.326 e. The van der Waals surface area contributed by atoms with Gasteiger partial charge in [-0.1, -0.05) is 48.0 Å². The fourth-order valence-electron chi connectivity index (χ4n) is 3.27. The molecular weight excluding hydrogens is 485 g/mol. The van der Waals surface area contributed by atoms with Gasteiger partial charge in [0.25, 0.3) is 0 Å². The third kappa shape index (κ3) is 6.12. The molecule has 34 heavy (non-hydrogen) atoms. The van der Waals surface area contributed by atoms with Crippen molar-refractivity contribution in [1.82, 2.24) is 0 Å². The molecule has 1 unspecified atom stereocenters. The Bertz CT molecular complexity index is 1200. The second-order valence-electron chi connectivity index (χ2n) is 7.88. The Balaban J connectivity index is 1.58. The van der Waals surface area contributed by atoms with Crippen molar-refractivity contribution < 1.29 is 22.8 Å². The summed E-state index contributed by atoms with van der Waals surface area (Å²) in [5, 5.41) is 4.65. The van der Waals surface area contributed by atoms with Gasteiger partial charge in [-0.2, -0.15) is 13.2 Å². The van der Waals surface area contributed by atoms with Gasteiger partial charge in [-0.25, -0.2) is 0 Å². The van der Waals surface area contributed by atoms with Gasteiger partial charge in [0.15, 0.2) is 0 Å². The number of halogens is 4. The SMILES string of the molecule is O=C(Nc1cccc(SC(C(=O)Nc2cc(C(F)(F)F)ccc2Cl)c2ccccc2)c1)C1CC1. The van der Waals surface area contributed by atoms with Gasteiger partial charge < -0.3 is 10.6 Å².